The Morgan fingerprint density at radius 3 is 2.87 bits per heavy atom. The number of hydrogen-bond donors (Lipinski definition) is 0. The van der Waals surface area contributed by atoms with Gasteiger partial charge in [0.15, 0.2) is 0 Å². The normalized spacial score (nSPS) is 10.6. The fourth-order valence-corrected chi connectivity index (χ4v) is 2.29. The lowest BCUT2D eigenvalue weighted by Crippen LogP contribution is -1.88. The topological polar surface area (TPSA) is 22.1 Å². The van der Waals surface area contributed by atoms with Crippen LogP contribution >= 0.6 is 34.2 Å². The predicted octanol–water partition coefficient (Wildman–Crippen LogP) is 3.83. The summed E-state index contributed by atoms with van der Waals surface area (Å²) >= 11 is 8.36. The molecular formula is C11H9ClINO. The Bertz CT molecular complexity index is 501. The van der Waals surface area contributed by atoms with Crippen LogP contribution < -0.4 is 4.74 Å². The largest absolute Gasteiger partial charge is 0.497 e. The van der Waals surface area contributed by atoms with E-state index in [1.54, 1.807) is 7.11 Å². The van der Waals surface area contributed by atoms with Gasteiger partial charge in [0.05, 0.1) is 7.11 Å². The summed E-state index contributed by atoms with van der Waals surface area (Å²) in [4.78, 5) is 4.16. The minimum Gasteiger partial charge on any atom is -0.497 e. The van der Waals surface area contributed by atoms with E-state index in [1.807, 2.05) is 24.4 Å². The summed E-state index contributed by atoms with van der Waals surface area (Å²) in [7, 11) is 1.64. The molecule has 0 aliphatic rings. The number of nitrogens with zero attached hydrogens (tertiary/aromatic N) is 1. The van der Waals surface area contributed by atoms with Crippen LogP contribution in [0.3, 0.4) is 0 Å². The zero-order valence-electron chi connectivity index (χ0n) is 8.13. The van der Waals surface area contributed by atoms with Gasteiger partial charge in [-0.1, -0.05) is 40.3 Å². The molecule has 4 heteroatoms. The number of rotatable bonds is 2. The van der Waals surface area contributed by atoms with Crippen molar-refractivity contribution in [3.8, 4) is 5.75 Å². The number of ether oxygens (including phenoxy) is 1. The summed E-state index contributed by atoms with van der Waals surface area (Å²) in [5, 5.41) is 2.62. The fourth-order valence-electron chi connectivity index (χ4n) is 1.48. The molecule has 0 N–H and O–H groups in total. The van der Waals surface area contributed by atoms with Crippen LogP contribution in [0.25, 0.3) is 10.8 Å². The second kappa shape index (κ2) is 4.53. The van der Waals surface area contributed by atoms with Gasteiger partial charge in [-0.15, -0.1) is 0 Å². The zero-order valence-corrected chi connectivity index (χ0v) is 11.0. The first-order valence-electron chi connectivity index (χ1n) is 4.43. The standard InChI is InChI=1S/C11H9ClINO/c1-15-8-2-3-9-7(5-13)6-14-11(12)10(9)4-8/h2-4,6H,5H2,1H3. The van der Waals surface area contributed by atoms with Crippen molar-refractivity contribution in [2.24, 2.45) is 0 Å². The molecule has 1 aromatic carbocycles. The summed E-state index contributed by atoms with van der Waals surface area (Å²) in [6.45, 7) is 0. The molecule has 0 aliphatic heterocycles. The smallest absolute Gasteiger partial charge is 0.136 e. The molecule has 15 heavy (non-hydrogen) atoms. The maximum Gasteiger partial charge on any atom is 0.136 e. The molecule has 1 heterocycles. The molecule has 78 valence electrons. The SMILES string of the molecule is COc1ccc2c(CI)cnc(Cl)c2c1. The molecule has 2 rings (SSSR count). The lowest BCUT2D eigenvalue weighted by atomic mass is 10.1. The van der Waals surface area contributed by atoms with Crippen LogP contribution in [0.1, 0.15) is 5.56 Å². The van der Waals surface area contributed by atoms with Crippen LogP contribution in [0.2, 0.25) is 5.15 Å². The fraction of sp³-hybridized carbons (Fsp3) is 0.182. The minimum atomic E-state index is 0.525. The Kier molecular flexibility index (Phi) is 3.31. The minimum absolute atomic E-state index is 0.525. The number of aromatic nitrogens is 1. The van der Waals surface area contributed by atoms with Crippen LogP contribution in [-0.2, 0) is 4.43 Å². The van der Waals surface area contributed by atoms with Crippen LogP contribution in [0.15, 0.2) is 24.4 Å². The van der Waals surface area contributed by atoms with Crippen molar-refractivity contribution < 1.29 is 4.74 Å². The average Bonchev–Trinajstić information content (AvgIpc) is 2.29. The molecule has 2 aromatic rings. The van der Waals surface area contributed by atoms with Crippen molar-refractivity contribution in [3.05, 3.63) is 35.1 Å². The third-order valence-corrected chi connectivity index (χ3v) is 3.40. The Hall–Kier alpha value is -0.550. The highest BCUT2D eigenvalue weighted by Crippen LogP contribution is 2.29. The molecule has 0 spiro atoms. The number of hydrogen-bond acceptors (Lipinski definition) is 2. The first-order valence-corrected chi connectivity index (χ1v) is 6.33. The van der Waals surface area contributed by atoms with Gasteiger partial charge in [0, 0.05) is 16.0 Å². The molecule has 0 bridgehead atoms. The number of methoxy groups -OCH3 is 1. The summed E-state index contributed by atoms with van der Waals surface area (Å²) in [6, 6.07) is 5.88. The Morgan fingerprint density at radius 2 is 2.20 bits per heavy atom. The molecule has 2 nitrogen and oxygen atoms in total. The highest BCUT2D eigenvalue weighted by molar-refractivity contribution is 14.1. The van der Waals surface area contributed by atoms with Gasteiger partial charge in [0.1, 0.15) is 10.9 Å². The third kappa shape index (κ3) is 2.03. The van der Waals surface area contributed by atoms with Gasteiger partial charge >= 0.3 is 0 Å². The Morgan fingerprint density at radius 1 is 1.40 bits per heavy atom. The Balaban J connectivity index is 2.75. The number of benzene rings is 1. The van der Waals surface area contributed by atoms with Gasteiger partial charge < -0.3 is 4.74 Å². The van der Waals surface area contributed by atoms with Gasteiger partial charge in [-0.25, -0.2) is 4.98 Å². The van der Waals surface area contributed by atoms with Crippen molar-refractivity contribution in [2.75, 3.05) is 7.11 Å². The van der Waals surface area contributed by atoms with Crippen molar-refractivity contribution >= 4 is 45.0 Å². The second-order valence-corrected chi connectivity index (χ2v) is 4.24. The van der Waals surface area contributed by atoms with Crippen molar-refractivity contribution in [2.45, 2.75) is 4.43 Å². The zero-order chi connectivity index (χ0) is 10.8. The van der Waals surface area contributed by atoms with Crippen molar-refractivity contribution in [1.29, 1.82) is 0 Å². The van der Waals surface area contributed by atoms with Crippen molar-refractivity contribution in [1.82, 2.24) is 4.98 Å². The van der Waals surface area contributed by atoms with E-state index in [9.17, 15) is 0 Å². The van der Waals surface area contributed by atoms with Gasteiger partial charge in [0.2, 0.25) is 0 Å². The molecule has 0 unspecified atom stereocenters. The third-order valence-electron chi connectivity index (χ3n) is 2.27. The molecule has 0 radical (unpaired) electrons. The van der Waals surface area contributed by atoms with E-state index in [0.717, 1.165) is 20.9 Å². The number of fused-ring (bicyclic) bond motifs is 1. The first-order chi connectivity index (χ1) is 7.26. The van der Waals surface area contributed by atoms with Gasteiger partial charge in [-0.2, -0.15) is 0 Å². The van der Waals surface area contributed by atoms with E-state index >= 15 is 0 Å². The van der Waals surface area contributed by atoms with E-state index in [2.05, 4.69) is 27.6 Å². The van der Waals surface area contributed by atoms with Crippen LogP contribution in [0.5, 0.6) is 5.75 Å². The van der Waals surface area contributed by atoms with Gasteiger partial charge in [-0.05, 0) is 23.1 Å². The summed E-state index contributed by atoms with van der Waals surface area (Å²) < 4.78 is 6.08. The highest BCUT2D eigenvalue weighted by Gasteiger charge is 2.06. The number of halogens is 2. The molecule has 0 aliphatic carbocycles. The van der Waals surface area contributed by atoms with E-state index in [1.165, 1.54) is 5.56 Å². The van der Waals surface area contributed by atoms with E-state index < -0.39 is 0 Å². The second-order valence-electron chi connectivity index (χ2n) is 3.12. The summed E-state index contributed by atoms with van der Waals surface area (Å²) in [6.07, 6.45) is 1.82. The molecule has 0 saturated heterocycles. The Labute approximate surface area is 107 Å². The van der Waals surface area contributed by atoms with Crippen LogP contribution in [0, 0.1) is 0 Å². The monoisotopic (exact) mass is 333 g/mol. The molecule has 0 fully saturated rings. The quantitative estimate of drug-likeness (QED) is 0.473. The summed E-state index contributed by atoms with van der Waals surface area (Å²) in [5.74, 6) is 0.803. The van der Waals surface area contributed by atoms with E-state index in [-0.39, 0.29) is 0 Å². The van der Waals surface area contributed by atoms with Gasteiger partial charge in [0.25, 0.3) is 0 Å². The summed E-state index contributed by atoms with van der Waals surface area (Å²) in [5.41, 5.74) is 1.19. The number of pyridine rings is 1. The predicted molar refractivity (Wildman–Crippen MR) is 71.0 cm³/mol. The molecule has 0 amide bonds. The molecule has 0 atom stereocenters. The maximum absolute atomic E-state index is 6.05. The molecular weight excluding hydrogens is 324 g/mol. The van der Waals surface area contributed by atoms with Gasteiger partial charge in [-0.3, -0.25) is 0 Å². The average molecular weight is 334 g/mol. The highest BCUT2D eigenvalue weighted by atomic mass is 127. The first kappa shape index (κ1) is 11.0. The maximum atomic E-state index is 6.05. The van der Waals surface area contributed by atoms with E-state index in [0.29, 0.717) is 5.15 Å². The lowest BCUT2D eigenvalue weighted by molar-refractivity contribution is 0.415. The molecule has 1 aromatic heterocycles. The van der Waals surface area contributed by atoms with Crippen LogP contribution in [0.4, 0.5) is 0 Å². The molecule has 0 saturated carbocycles. The lowest BCUT2D eigenvalue weighted by Gasteiger charge is -2.06. The van der Waals surface area contributed by atoms with Crippen molar-refractivity contribution in [3.63, 3.8) is 0 Å². The van der Waals surface area contributed by atoms with Crippen LogP contribution in [-0.4, -0.2) is 12.1 Å². The van der Waals surface area contributed by atoms with E-state index in [4.69, 9.17) is 16.3 Å². The number of alkyl halides is 1.